The van der Waals surface area contributed by atoms with E-state index in [1.54, 1.807) is 0 Å². The van der Waals surface area contributed by atoms with E-state index >= 15 is 0 Å². The van der Waals surface area contributed by atoms with Gasteiger partial charge in [-0.3, -0.25) is 0 Å². The topological polar surface area (TPSA) is 0 Å². The summed E-state index contributed by atoms with van der Waals surface area (Å²) in [5.41, 5.74) is 7.38. The molecule has 0 spiro atoms. The van der Waals surface area contributed by atoms with E-state index in [4.69, 9.17) is 0 Å². The molecule has 0 saturated heterocycles. The molecule has 0 aromatic rings. The van der Waals surface area contributed by atoms with Gasteiger partial charge in [-0.2, -0.15) is 0 Å². The molecule has 126 valence electrons. The van der Waals surface area contributed by atoms with Crippen LogP contribution in [0.15, 0.2) is 22.3 Å². The molecule has 0 aromatic carbocycles. The first kappa shape index (κ1) is 21.0. The van der Waals surface area contributed by atoms with E-state index < -0.39 is 0 Å². The second-order valence-corrected chi connectivity index (χ2v) is 7.29. The molecule has 23 heavy (non-hydrogen) atoms. The van der Waals surface area contributed by atoms with Gasteiger partial charge in [0.2, 0.25) is 0 Å². The molecular weight excluding hydrogens is 312 g/mol. The second-order valence-electron chi connectivity index (χ2n) is 7.29. The van der Waals surface area contributed by atoms with Gasteiger partial charge in [-0.15, -0.1) is 38.5 Å². The summed E-state index contributed by atoms with van der Waals surface area (Å²) >= 11 is 0. The minimum absolute atomic E-state index is 0. The summed E-state index contributed by atoms with van der Waals surface area (Å²) in [6.45, 7) is 0. The van der Waals surface area contributed by atoms with Crippen LogP contribution in [0.2, 0.25) is 0 Å². The van der Waals surface area contributed by atoms with E-state index in [1.165, 1.54) is 89.9 Å². The third-order valence-electron chi connectivity index (χ3n) is 6.20. The van der Waals surface area contributed by atoms with Crippen molar-refractivity contribution in [2.75, 3.05) is 0 Å². The van der Waals surface area contributed by atoms with Gasteiger partial charge in [0.15, 0.2) is 0 Å². The largest absolute Gasteiger partial charge is 4.00 e. The Kier molecular flexibility index (Phi) is 8.60. The Morgan fingerprint density at radius 2 is 0.957 bits per heavy atom. The van der Waals surface area contributed by atoms with Crippen LogP contribution in [0, 0.1) is 26.7 Å². The molecule has 4 rings (SSSR count). The van der Waals surface area contributed by atoms with Crippen LogP contribution in [-0.4, -0.2) is 0 Å². The van der Waals surface area contributed by atoms with Gasteiger partial charge < -0.3 is 14.9 Å². The molecule has 0 saturated carbocycles. The number of hydrogen-bond donors (Lipinski definition) is 0. The van der Waals surface area contributed by atoms with E-state index in [0.717, 1.165) is 0 Å². The van der Waals surface area contributed by atoms with Crippen molar-refractivity contribution in [1.29, 1.82) is 0 Å². The predicted octanol–water partition coefficient (Wildman–Crippen LogP) is 7.14. The van der Waals surface area contributed by atoms with Crippen molar-refractivity contribution in [3.8, 4) is 0 Å². The molecule has 0 heterocycles. The van der Waals surface area contributed by atoms with Gasteiger partial charge in [0.25, 0.3) is 0 Å². The van der Waals surface area contributed by atoms with Crippen molar-refractivity contribution >= 4 is 0 Å². The molecule has 0 unspecified atom stereocenters. The molecule has 0 amide bonds. The maximum atomic E-state index is 1.86. The molecule has 0 N–H and O–H groups in total. The van der Waals surface area contributed by atoms with Crippen LogP contribution >= 0.6 is 0 Å². The first-order valence-electron chi connectivity index (χ1n) is 9.04. The van der Waals surface area contributed by atoms with Crippen LogP contribution in [-0.2, 0) is 21.7 Å². The van der Waals surface area contributed by atoms with Crippen molar-refractivity contribution in [2.24, 2.45) is 0 Å². The SMILES string of the molecule is C1CCC2=C(C1)CC[C-]2CC[C-]1CCC2=C1CCCC2.[CH3-].[CH3-].[Ti+4]. The fraction of sp³-hybridized carbons (Fsp3) is 0.636. The normalized spacial score (nSPS) is 23.0. The summed E-state index contributed by atoms with van der Waals surface area (Å²) in [6.07, 6.45) is 19.9. The zero-order chi connectivity index (χ0) is 13.4. The Bertz CT molecular complexity index is 401. The third-order valence-corrected chi connectivity index (χ3v) is 6.20. The molecular formula is C22H34Ti. The first-order valence-corrected chi connectivity index (χ1v) is 9.04. The Hall–Kier alpha value is -0.0657. The summed E-state index contributed by atoms with van der Waals surface area (Å²) in [5, 5.41) is 0. The summed E-state index contributed by atoms with van der Waals surface area (Å²) in [6, 6.07) is 0. The Balaban J connectivity index is 0.000000882. The first-order chi connectivity index (χ1) is 9.92. The maximum Gasteiger partial charge on any atom is 4.00 e. The molecule has 1 heteroatoms. The van der Waals surface area contributed by atoms with E-state index in [0.29, 0.717) is 0 Å². The van der Waals surface area contributed by atoms with Gasteiger partial charge in [-0.25, -0.2) is 34.1 Å². The molecule has 0 atom stereocenters. The average molecular weight is 346 g/mol. The van der Waals surface area contributed by atoms with Gasteiger partial charge in [-0.1, -0.05) is 51.4 Å². The number of rotatable bonds is 3. The van der Waals surface area contributed by atoms with Crippen molar-refractivity contribution in [2.45, 2.75) is 89.9 Å². The fourth-order valence-electron chi connectivity index (χ4n) is 5.10. The number of hydrogen-bond acceptors (Lipinski definition) is 0. The van der Waals surface area contributed by atoms with Gasteiger partial charge in [0.1, 0.15) is 0 Å². The third kappa shape index (κ3) is 4.32. The van der Waals surface area contributed by atoms with Crippen LogP contribution in [0.1, 0.15) is 89.9 Å². The van der Waals surface area contributed by atoms with Gasteiger partial charge in [0, 0.05) is 0 Å². The quantitative estimate of drug-likeness (QED) is 0.376. The monoisotopic (exact) mass is 346 g/mol. The molecule has 4 aliphatic carbocycles. The molecule has 0 nitrogen and oxygen atoms in total. The number of allylic oxidation sites excluding steroid dienone is 4. The second kappa shape index (κ2) is 9.43. The average Bonchev–Trinajstić information content (AvgIpc) is 3.09. The fourth-order valence-corrected chi connectivity index (χ4v) is 5.10. The minimum atomic E-state index is 0. The van der Waals surface area contributed by atoms with Crippen molar-refractivity contribution in [1.82, 2.24) is 0 Å². The van der Waals surface area contributed by atoms with Crippen LogP contribution < -0.4 is 0 Å². The molecule has 0 aromatic heterocycles. The van der Waals surface area contributed by atoms with E-state index in [2.05, 4.69) is 0 Å². The van der Waals surface area contributed by atoms with Crippen molar-refractivity contribution in [3.05, 3.63) is 49.0 Å². The van der Waals surface area contributed by atoms with Crippen LogP contribution in [0.3, 0.4) is 0 Å². The van der Waals surface area contributed by atoms with Crippen molar-refractivity contribution < 1.29 is 21.7 Å². The zero-order valence-corrected chi connectivity index (χ0v) is 17.0. The standard InChI is InChI=1S/C20H28.2CH3.Ti/c1-3-7-19-15(5-1)9-11-17(19)13-14-18-12-10-16-6-2-4-8-20(16)18;;;/h1-14H2;2*1H3;/q-2;2*-1;+4. The van der Waals surface area contributed by atoms with Crippen LogP contribution in [0.25, 0.3) is 0 Å². The summed E-state index contributed by atoms with van der Waals surface area (Å²) < 4.78 is 0. The van der Waals surface area contributed by atoms with Crippen molar-refractivity contribution in [3.63, 3.8) is 0 Å². The van der Waals surface area contributed by atoms with Crippen LogP contribution in [0.5, 0.6) is 0 Å². The van der Waals surface area contributed by atoms with E-state index in [-0.39, 0.29) is 36.6 Å². The molecule has 0 fully saturated rings. The Labute approximate surface area is 160 Å². The van der Waals surface area contributed by atoms with Gasteiger partial charge in [-0.05, 0) is 0 Å². The predicted molar refractivity (Wildman–Crippen MR) is 98.0 cm³/mol. The Morgan fingerprint density at radius 3 is 1.39 bits per heavy atom. The zero-order valence-electron chi connectivity index (χ0n) is 15.4. The van der Waals surface area contributed by atoms with Crippen LogP contribution in [0.4, 0.5) is 0 Å². The smallest absolute Gasteiger partial charge is 0.358 e. The van der Waals surface area contributed by atoms with E-state index in [1.807, 2.05) is 34.1 Å². The summed E-state index contributed by atoms with van der Waals surface area (Å²) in [5.74, 6) is 3.72. The molecule has 0 aliphatic heterocycles. The summed E-state index contributed by atoms with van der Waals surface area (Å²) in [4.78, 5) is 0. The minimum Gasteiger partial charge on any atom is -0.358 e. The summed E-state index contributed by atoms with van der Waals surface area (Å²) in [7, 11) is 0. The van der Waals surface area contributed by atoms with Gasteiger partial charge >= 0.3 is 21.7 Å². The molecule has 0 bridgehead atoms. The van der Waals surface area contributed by atoms with E-state index in [9.17, 15) is 0 Å². The molecule has 0 radical (unpaired) electrons. The molecule has 4 aliphatic rings. The Morgan fingerprint density at radius 1 is 0.565 bits per heavy atom. The maximum absolute atomic E-state index is 1.86. The van der Waals surface area contributed by atoms with Gasteiger partial charge in [0.05, 0.1) is 0 Å².